The molecule has 3 aromatic rings. The SMILES string of the molecule is NC(=O)c1nnn(-c2ccc(S(N)(=O)=O)cc2)c1-c1ccc(Br)cc1. The number of primary sulfonamides is 1. The number of benzene rings is 2. The third-order valence-electron chi connectivity index (χ3n) is 3.43. The van der Waals surface area contributed by atoms with Crippen LogP contribution < -0.4 is 10.9 Å². The Hall–Kier alpha value is -2.56. The molecule has 0 saturated carbocycles. The summed E-state index contributed by atoms with van der Waals surface area (Å²) in [5.74, 6) is -0.717. The smallest absolute Gasteiger partial charge is 0.271 e. The number of rotatable bonds is 4. The first-order valence-corrected chi connectivity index (χ1v) is 9.26. The number of carbonyl (C=O) groups is 1. The average Bonchev–Trinajstić information content (AvgIpc) is 3.00. The number of aromatic nitrogens is 3. The number of hydrogen-bond acceptors (Lipinski definition) is 5. The van der Waals surface area contributed by atoms with Crippen LogP contribution >= 0.6 is 15.9 Å². The predicted molar refractivity (Wildman–Crippen MR) is 94.4 cm³/mol. The van der Waals surface area contributed by atoms with Gasteiger partial charge in [0, 0.05) is 10.0 Å². The van der Waals surface area contributed by atoms with Gasteiger partial charge in [0.25, 0.3) is 5.91 Å². The van der Waals surface area contributed by atoms with E-state index in [1.54, 1.807) is 12.1 Å². The van der Waals surface area contributed by atoms with E-state index in [0.717, 1.165) is 4.47 Å². The molecule has 1 heterocycles. The monoisotopic (exact) mass is 421 g/mol. The van der Waals surface area contributed by atoms with Crippen LogP contribution in [0, 0.1) is 0 Å². The van der Waals surface area contributed by atoms with Gasteiger partial charge in [0.2, 0.25) is 10.0 Å². The van der Waals surface area contributed by atoms with Gasteiger partial charge in [-0.15, -0.1) is 5.10 Å². The van der Waals surface area contributed by atoms with Gasteiger partial charge in [-0.2, -0.15) is 0 Å². The molecular formula is C15H12BrN5O3S. The summed E-state index contributed by atoms with van der Waals surface area (Å²) < 4.78 is 25.0. The second kappa shape index (κ2) is 6.39. The minimum Gasteiger partial charge on any atom is -0.364 e. The number of nitrogens with two attached hydrogens (primary N) is 2. The van der Waals surface area contributed by atoms with Gasteiger partial charge >= 0.3 is 0 Å². The van der Waals surface area contributed by atoms with E-state index in [1.165, 1.54) is 28.9 Å². The fourth-order valence-electron chi connectivity index (χ4n) is 2.27. The molecule has 4 N–H and O–H groups in total. The van der Waals surface area contributed by atoms with Crippen LogP contribution in [0.4, 0.5) is 0 Å². The lowest BCUT2D eigenvalue weighted by Gasteiger charge is -2.08. The molecule has 1 amide bonds. The molecule has 8 nitrogen and oxygen atoms in total. The van der Waals surface area contributed by atoms with Gasteiger partial charge in [-0.05, 0) is 36.4 Å². The van der Waals surface area contributed by atoms with Crippen molar-refractivity contribution in [1.29, 1.82) is 0 Å². The zero-order valence-corrected chi connectivity index (χ0v) is 15.0. The fraction of sp³-hybridized carbons (Fsp3) is 0. The van der Waals surface area contributed by atoms with Crippen molar-refractivity contribution in [2.75, 3.05) is 0 Å². The summed E-state index contributed by atoms with van der Waals surface area (Å²) in [6.07, 6.45) is 0. The van der Waals surface area contributed by atoms with Crippen LogP contribution in [0.1, 0.15) is 10.5 Å². The minimum atomic E-state index is -3.80. The summed E-state index contributed by atoms with van der Waals surface area (Å²) in [6.45, 7) is 0. The van der Waals surface area contributed by atoms with Crippen LogP contribution in [0.25, 0.3) is 16.9 Å². The highest BCUT2D eigenvalue weighted by atomic mass is 79.9. The molecular weight excluding hydrogens is 410 g/mol. The van der Waals surface area contributed by atoms with Crippen LogP contribution in [0.5, 0.6) is 0 Å². The van der Waals surface area contributed by atoms with Crippen LogP contribution in [0.15, 0.2) is 57.9 Å². The van der Waals surface area contributed by atoms with E-state index in [1.807, 2.05) is 12.1 Å². The van der Waals surface area contributed by atoms with Crippen molar-refractivity contribution in [2.24, 2.45) is 10.9 Å². The van der Waals surface area contributed by atoms with Crippen molar-refractivity contribution in [2.45, 2.75) is 4.90 Å². The lowest BCUT2D eigenvalue weighted by molar-refractivity contribution is 0.0996. The first kappa shape index (κ1) is 17.3. The maximum absolute atomic E-state index is 11.7. The third-order valence-corrected chi connectivity index (χ3v) is 4.89. The molecule has 1 aromatic heterocycles. The highest BCUT2D eigenvalue weighted by Gasteiger charge is 2.20. The van der Waals surface area contributed by atoms with E-state index in [4.69, 9.17) is 10.9 Å². The second-order valence-corrected chi connectivity index (χ2v) is 7.59. The number of sulfonamides is 1. The lowest BCUT2D eigenvalue weighted by atomic mass is 10.1. The van der Waals surface area contributed by atoms with Gasteiger partial charge in [0.1, 0.15) is 5.69 Å². The van der Waals surface area contributed by atoms with Crippen LogP contribution in [0.2, 0.25) is 0 Å². The van der Waals surface area contributed by atoms with Crippen molar-refractivity contribution in [3.63, 3.8) is 0 Å². The Balaban J connectivity index is 2.17. The fourth-order valence-corrected chi connectivity index (χ4v) is 3.05. The zero-order chi connectivity index (χ0) is 18.2. The highest BCUT2D eigenvalue weighted by molar-refractivity contribution is 9.10. The predicted octanol–water partition coefficient (Wildman–Crippen LogP) is 1.44. The van der Waals surface area contributed by atoms with Gasteiger partial charge < -0.3 is 5.73 Å². The summed E-state index contributed by atoms with van der Waals surface area (Å²) >= 11 is 3.35. The van der Waals surface area contributed by atoms with Gasteiger partial charge in [0.15, 0.2) is 5.69 Å². The maximum Gasteiger partial charge on any atom is 0.271 e. The first-order chi connectivity index (χ1) is 11.8. The maximum atomic E-state index is 11.7. The van der Waals surface area contributed by atoms with E-state index in [2.05, 4.69) is 26.2 Å². The minimum absolute atomic E-state index is 0.0119. The molecule has 0 atom stereocenters. The van der Waals surface area contributed by atoms with Crippen molar-refractivity contribution < 1.29 is 13.2 Å². The van der Waals surface area contributed by atoms with Crippen LogP contribution in [-0.4, -0.2) is 29.3 Å². The topological polar surface area (TPSA) is 134 Å². The molecule has 0 aliphatic carbocycles. The number of amides is 1. The Morgan fingerprint density at radius 1 is 1.04 bits per heavy atom. The van der Waals surface area contributed by atoms with E-state index < -0.39 is 15.9 Å². The Labute approximate surface area is 151 Å². The quantitative estimate of drug-likeness (QED) is 0.656. The van der Waals surface area contributed by atoms with Crippen molar-refractivity contribution in [3.05, 3.63) is 58.7 Å². The molecule has 10 heteroatoms. The molecule has 128 valence electrons. The van der Waals surface area contributed by atoms with Gasteiger partial charge in [-0.1, -0.05) is 33.3 Å². The van der Waals surface area contributed by atoms with Gasteiger partial charge in [-0.3, -0.25) is 4.79 Å². The zero-order valence-electron chi connectivity index (χ0n) is 12.6. The first-order valence-electron chi connectivity index (χ1n) is 6.92. The summed E-state index contributed by atoms with van der Waals surface area (Å²) in [7, 11) is -3.80. The molecule has 0 unspecified atom stereocenters. The molecule has 0 radical (unpaired) electrons. The molecule has 0 fully saturated rings. The second-order valence-electron chi connectivity index (χ2n) is 5.11. The molecule has 0 spiro atoms. The molecule has 0 aliphatic heterocycles. The molecule has 3 rings (SSSR count). The number of hydrogen-bond donors (Lipinski definition) is 2. The molecule has 0 saturated heterocycles. The largest absolute Gasteiger partial charge is 0.364 e. The summed E-state index contributed by atoms with van der Waals surface area (Å²) in [4.78, 5) is 11.7. The molecule has 0 bridgehead atoms. The van der Waals surface area contributed by atoms with Gasteiger partial charge in [0.05, 0.1) is 10.6 Å². The van der Waals surface area contributed by atoms with Crippen LogP contribution in [-0.2, 0) is 10.0 Å². The number of halogens is 1. The number of primary amides is 1. The summed E-state index contributed by atoms with van der Waals surface area (Å²) in [6, 6.07) is 12.9. The van der Waals surface area contributed by atoms with E-state index in [0.29, 0.717) is 16.9 Å². The Morgan fingerprint density at radius 2 is 1.64 bits per heavy atom. The summed E-state index contributed by atoms with van der Waals surface area (Å²) in [5.41, 5.74) is 7.00. The lowest BCUT2D eigenvalue weighted by Crippen LogP contribution is -2.13. The Kier molecular flexibility index (Phi) is 4.41. The third kappa shape index (κ3) is 3.45. The molecule has 2 aromatic carbocycles. The van der Waals surface area contributed by atoms with E-state index in [-0.39, 0.29) is 10.6 Å². The summed E-state index contributed by atoms with van der Waals surface area (Å²) in [5, 5.41) is 12.9. The van der Waals surface area contributed by atoms with Gasteiger partial charge in [-0.25, -0.2) is 18.2 Å². The normalized spacial score (nSPS) is 11.4. The number of nitrogens with zero attached hydrogens (tertiary/aromatic N) is 3. The van der Waals surface area contributed by atoms with Crippen molar-refractivity contribution >= 4 is 31.9 Å². The Morgan fingerprint density at radius 3 is 2.16 bits per heavy atom. The standard InChI is InChI=1S/C15H12BrN5O3S/c16-10-3-1-9(2-4-10)14-13(15(17)22)19-20-21(14)11-5-7-12(8-6-11)25(18,23)24/h1-8H,(H2,17,22)(H2,18,23,24). The van der Waals surface area contributed by atoms with E-state index in [9.17, 15) is 13.2 Å². The van der Waals surface area contributed by atoms with E-state index >= 15 is 0 Å². The van der Waals surface area contributed by atoms with Crippen molar-refractivity contribution in [3.8, 4) is 16.9 Å². The molecule has 0 aliphatic rings. The molecule has 25 heavy (non-hydrogen) atoms. The number of carbonyl (C=O) groups excluding carboxylic acids is 1. The Bertz CT molecular complexity index is 1040. The average molecular weight is 422 g/mol. The van der Waals surface area contributed by atoms with Crippen molar-refractivity contribution in [1.82, 2.24) is 15.0 Å². The highest BCUT2D eigenvalue weighted by Crippen LogP contribution is 2.27. The van der Waals surface area contributed by atoms with Crippen LogP contribution in [0.3, 0.4) is 0 Å².